The van der Waals surface area contributed by atoms with Gasteiger partial charge in [0.05, 0.1) is 37.4 Å². The molecule has 1 aromatic rings. The van der Waals surface area contributed by atoms with E-state index < -0.39 is 16.9 Å². The third-order valence-corrected chi connectivity index (χ3v) is 3.60. The maximum Gasteiger partial charge on any atom is 0.355 e. The summed E-state index contributed by atoms with van der Waals surface area (Å²) in [6, 6.07) is 4.21. The van der Waals surface area contributed by atoms with Crippen molar-refractivity contribution in [1.29, 1.82) is 0 Å². The molecule has 0 atom stereocenters. The molecule has 9 nitrogen and oxygen atoms in total. The molecular formula is C18H18N2O7. The molecule has 0 bridgehead atoms. The van der Waals surface area contributed by atoms with Gasteiger partial charge in [0.15, 0.2) is 0 Å². The van der Waals surface area contributed by atoms with Crippen molar-refractivity contribution in [2.45, 2.75) is 6.92 Å². The van der Waals surface area contributed by atoms with Crippen molar-refractivity contribution in [3.63, 3.8) is 0 Å². The summed E-state index contributed by atoms with van der Waals surface area (Å²) < 4.78 is 14.8. The highest BCUT2D eigenvalue weighted by atomic mass is 16.6. The number of esters is 2. The fourth-order valence-corrected chi connectivity index (χ4v) is 2.46. The maximum atomic E-state index is 12.4. The number of allylic oxidation sites excluding steroid dienone is 2. The number of anilines is 1. The zero-order chi connectivity index (χ0) is 20.0. The number of nitro benzene ring substituents is 1. The van der Waals surface area contributed by atoms with Crippen LogP contribution in [0.15, 0.2) is 53.9 Å². The Hall–Kier alpha value is -3.62. The first-order chi connectivity index (χ1) is 12.9. The van der Waals surface area contributed by atoms with Crippen molar-refractivity contribution in [2.24, 2.45) is 0 Å². The molecule has 0 N–H and O–H groups in total. The predicted octanol–water partition coefficient (Wildman–Crippen LogP) is 2.48. The van der Waals surface area contributed by atoms with Crippen molar-refractivity contribution in [1.82, 2.24) is 0 Å². The van der Waals surface area contributed by atoms with E-state index in [2.05, 4.69) is 0 Å². The average molecular weight is 374 g/mol. The summed E-state index contributed by atoms with van der Waals surface area (Å²) in [5.41, 5.74) is -0.553. The monoisotopic (exact) mass is 374 g/mol. The molecule has 1 aliphatic rings. The standard InChI is InChI=1S/C18H18N2O7/c1-4-27-12-8-9-14(15(11-12)20(23)24)19-10-6-5-7-13(17(21)25-2)16(19)18(22)26-3/h5-11H,4H2,1-3H3. The Bertz CT molecular complexity index is 855. The van der Waals surface area contributed by atoms with Crippen LogP contribution in [-0.4, -0.2) is 37.7 Å². The van der Waals surface area contributed by atoms with E-state index in [-0.39, 0.29) is 22.6 Å². The van der Waals surface area contributed by atoms with Gasteiger partial charge in [-0.2, -0.15) is 0 Å². The highest BCUT2D eigenvalue weighted by molar-refractivity contribution is 6.05. The van der Waals surface area contributed by atoms with Crippen molar-refractivity contribution in [3.05, 3.63) is 64.0 Å². The first-order valence-corrected chi connectivity index (χ1v) is 7.90. The van der Waals surface area contributed by atoms with Crippen LogP contribution < -0.4 is 9.64 Å². The number of nitro groups is 1. The van der Waals surface area contributed by atoms with Gasteiger partial charge in [-0.3, -0.25) is 10.1 Å². The second kappa shape index (κ2) is 8.65. The fraction of sp³-hybridized carbons (Fsp3) is 0.222. The Kier molecular flexibility index (Phi) is 6.32. The lowest BCUT2D eigenvalue weighted by atomic mass is 10.1. The molecule has 0 saturated carbocycles. The SMILES string of the molecule is CCOc1ccc(N2C=CC=CC(C(=O)OC)=C2C(=O)OC)c([N+](=O)[O-])c1. The van der Waals surface area contributed by atoms with E-state index in [1.54, 1.807) is 6.92 Å². The Morgan fingerprint density at radius 3 is 2.44 bits per heavy atom. The van der Waals surface area contributed by atoms with Crippen molar-refractivity contribution in [2.75, 3.05) is 25.7 Å². The summed E-state index contributed by atoms with van der Waals surface area (Å²) in [4.78, 5) is 36.7. The van der Waals surface area contributed by atoms with E-state index in [1.807, 2.05) is 0 Å². The number of methoxy groups -OCH3 is 2. The van der Waals surface area contributed by atoms with Gasteiger partial charge < -0.3 is 19.1 Å². The molecule has 0 fully saturated rings. The second-order valence-corrected chi connectivity index (χ2v) is 5.16. The van der Waals surface area contributed by atoms with Crippen LogP contribution in [0.25, 0.3) is 0 Å². The van der Waals surface area contributed by atoms with Gasteiger partial charge >= 0.3 is 11.9 Å². The summed E-state index contributed by atoms with van der Waals surface area (Å²) in [6.45, 7) is 2.09. The van der Waals surface area contributed by atoms with Crippen LogP contribution in [0.4, 0.5) is 11.4 Å². The van der Waals surface area contributed by atoms with Crippen molar-refractivity contribution < 1.29 is 28.7 Å². The molecule has 0 saturated heterocycles. The molecule has 2 rings (SSSR count). The molecule has 0 radical (unpaired) electrons. The van der Waals surface area contributed by atoms with Crippen LogP contribution in [0.3, 0.4) is 0 Å². The number of hydrogen-bond donors (Lipinski definition) is 0. The summed E-state index contributed by atoms with van der Waals surface area (Å²) in [5.74, 6) is -1.33. The van der Waals surface area contributed by atoms with Crippen molar-refractivity contribution >= 4 is 23.3 Å². The molecule has 1 aliphatic heterocycles. The van der Waals surface area contributed by atoms with Crippen LogP contribution >= 0.6 is 0 Å². The Morgan fingerprint density at radius 1 is 1.15 bits per heavy atom. The van der Waals surface area contributed by atoms with Gasteiger partial charge in [-0.25, -0.2) is 9.59 Å². The third kappa shape index (κ3) is 4.14. The lowest BCUT2D eigenvalue weighted by molar-refractivity contribution is -0.384. The molecule has 0 unspecified atom stereocenters. The lowest BCUT2D eigenvalue weighted by Crippen LogP contribution is -2.27. The maximum absolute atomic E-state index is 12.4. The minimum Gasteiger partial charge on any atom is -0.494 e. The highest BCUT2D eigenvalue weighted by Crippen LogP contribution is 2.36. The normalized spacial score (nSPS) is 13.2. The van der Waals surface area contributed by atoms with Gasteiger partial charge in [-0.1, -0.05) is 6.08 Å². The van der Waals surface area contributed by atoms with E-state index in [9.17, 15) is 19.7 Å². The average Bonchev–Trinajstić information content (AvgIpc) is 2.89. The molecule has 0 spiro atoms. The van der Waals surface area contributed by atoms with Crippen LogP contribution in [-0.2, 0) is 19.1 Å². The van der Waals surface area contributed by atoms with Gasteiger partial charge in [0.1, 0.15) is 17.1 Å². The van der Waals surface area contributed by atoms with Crippen LogP contribution in [0.5, 0.6) is 5.75 Å². The predicted molar refractivity (Wildman–Crippen MR) is 96.1 cm³/mol. The van der Waals surface area contributed by atoms with Gasteiger partial charge in [-0.05, 0) is 31.2 Å². The molecule has 142 valence electrons. The number of carbonyl (C=O) groups excluding carboxylic acids is 2. The lowest BCUT2D eigenvalue weighted by Gasteiger charge is -2.23. The summed E-state index contributed by atoms with van der Waals surface area (Å²) in [5, 5.41) is 11.6. The minimum absolute atomic E-state index is 0.0604. The Morgan fingerprint density at radius 2 is 1.85 bits per heavy atom. The van der Waals surface area contributed by atoms with Crippen LogP contribution in [0, 0.1) is 10.1 Å². The largest absolute Gasteiger partial charge is 0.494 e. The third-order valence-electron chi connectivity index (χ3n) is 3.60. The number of benzene rings is 1. The smallest absolute Gasteiger partial charge is 0.355 e. The Balaban J connectivity index is 2.72. The summed E-state index contributed by atoms with van der Waals surface area (Å²) >= 11 is 0. The molecule has 0 aromatic heterocycles. The molecule has 9 heteroatoms. The molecule has 0 aliphatic carbocycles. The minimum atomic E-state index is -0.852. The molecule has 1 heterocycles. The van der Waals surface area contributed by atoms with Gasteiger partial charge in [0.25, 0.3) is 5.69 Å². The second-order valence-electron chi connectivity index (χ2n) is 5.16. The van der Waals surface area contributed by atoms with E-state index in [0.29, 0.717) is 12.4 Å². The van der Waals surface area contributed by atoms with Crippen molar-refractivity contribution in [3.8, 4) is 5.75 Å². The quantitative estimate of drug-likeness (QED) is 0.424. The summed E-state index contributed by atoms with van der Waals surface area (Å²) in [7, 11) is 2.31. The number of nitrogens with zero attached hydrogens (tertiary/aromatic N) is 2. The molecule has 1 aromatic carbocycles. The summed E-state index contributed by atoms with van der Waals surface area (Å²) in [6.07, 6.45) is 5.82. The number of hydrogen-bond acceptors (Lipinski definition) is 8. The van der Waals surface area contributed by atoms with Gasteiger partial charge in [0.2, 0.25) is 0 Å². The Labute approximate surface area is 155 Å². The first-order valence-electron chi connectivity index (χ1n) is 7.90. The number of carbonyl (C=O) groups is 2. The van der Waals surface area contributed by atoms with E-state index >= 15 is 0 Å². The number of rotatable bonds is 6. The van der Waals surface area contributed by atoms with Crippen LogP contribution in [0.2, 0.25) is 0 Å². The molecule has 0 amide bonds. The fourth-order valence-electron chi connectivity index (χ4n) is 2.46. The molecular weight excluding hydrogens is 356 g/mol. The zero-order valence-corrected chi connectivity index (χ0v) is 15.0. The molecule has 27 heavy (non-hydrogen) atoms. The topological polar surface area (TPSA) is 108 Å². The van der Waals surface area contributed by atoms with Crippen LogP contribution in [0.1, 0.15) is 6.92 Å². The van der Waals surface area contributed by atoms with E-state index in [1.165, 1.54) is 54.6 Å². The van der Waals surface area contributed by atoms with Gasteiger partial charge in [0, 0.05) is 6.20 Å². The highest BCUT2D eigenvalue weighted by Gasteiger charge is 2.31. The van der Waals surface area contributed by atoms with Gasteiger partial charge in [-0.15, -0.1) is 0 Å². The van der Waals surface area contributed by atoms with E-state index in [0.717, 1.165) is 7.11 Å². The number of ether oxygens (including phenoxy) is 3. The first kappa shape index (κ1) is 19.7. The zero-order valence-electron chi connectivity index (χ0n) is 15.0. The van der Waals surface area contributed by atoms with E-state index in [4.69, 9.17) is 14.2 Å².